The molecule has 1 aromatic rings. The van der Waals surface area contributed by atoms with Gasteiger partial charge < -0.3 is 20.9 Å². The van der Waals surface area contributed by atoms with Crippen molar-refractivity contribution in [1.29, 1.82) is 0 Å². The maximum Gasteiger partial charge on any atom is 0.250 e. The molecule has 0 aliphatic carbocycles. The third kappa shape index (κ3) is 5.90. The highest BCUT2D eigenvalue weighted by Crippen LogP contribution is 2.04. The highest BCUT2D eigenvalue weighted by Gasteiger charge is 2.23. The van der Waals surface area contributed by atoms with E-state index in [4.69, 9.17) is 10.5 Å². The van der Waals surface area contributed by atoms with Gasteiger partial charge in [-0.15, -0.1) is 5.10 Å². The fourth-order valence-corrected chi connectivity index (χ4v) is 1.72. The van der Waals surface area contributed by atoms with Crippen LogP contribution in [-0.2, 0) is 20.7 Å². The number of amides is 2. The van der Waals surface area contributed by atoms with Crippen LogP contribution in [0.25, 0.3) is 0 Å². The van der Waals surface area contributed by atoms with Gasteiger partial charge in [0, 0.05) is 6.04 Å². The second-order valence-electron chi connectivity index (χ2n) is 4.47. The first-order valence-corrected chi connectivity index (χ1v) is 6.63. The van der Waals surface area contributed by atoms with Crippen molar-refractivity contribution < 1.29 is 19.4 Å². The second-order valence-corrected chi connectivity index (χ2v) is 4.47. The summed E-state index contributed by atoms with van der Waals surface area (Å²) in [4.78, 5) is 21.9. The molecule has 0 radical (unpaired) electrons. The molecule has 0 saturated heterocycles. The summed E-state index contributed by atoms with van der Waals surface area (Å²) >= 11 is 0. The highest BCUT2D eigenvalue weighted by atomic mass is 16.5. The van der Waals surface area contributed by atoms with Crippen molar-refractivity contribution in [3.63, 3.8) is 0 Å². The molecule has 1 rings (SSSR count). The van der Waals surface area contributed by atoms with Crippen LogP contribution in [0.2, 0.25) is 0 Å². The minimum atomic E-state index is -1.36. The lowest BCUT2D eigenvalue weighted by Gasteiger charge is -2.18. The van der Waals surface area contributed by atoms with Crippen molar-refractivity contribution in [2.75, 3.05) is 13.7 Å². The molecule has 8 nitrogen and oxygen atoms in total. The predicted molar refractivity (Wildman–Crippen MR) is 80.8 cm³/mol. The van der Waals surface area contributed by atoms with E-state index in [1.165, 1.54) is 7.11 Å². The maximum atomic E-state index is 11.8. The van der Waals surface area contributed by atoms with Gasteiger partial charge in [-0.1, -0.05) is 30.3 Å². The molecule has 0 aliphatic heterocycles. The summed E-state index contributed by atoms with van der Waals surface area (Å²) in [5, 5.41) is 15.9. The Bertz CT molecular complexity index is 507. The number of nitrogens with one attached hydrogen (secondary N) is 2. The number of nitrogens with two attached hydrogens (primary N) is 1. The van der Waals surface area contributed by atoms with Gasteiger partial charge in [0.25, 0.3) is 5.91 Å². The monoisotopic (exact) mass is 308 g/mol. The van der Waals surface area contributed by atoms with E-state index in [2.05, 4.69) is 15.8 Å². The summed E-state index contributed by atoms with van der Waals surface area (Å²) in [5.74, 6) is -0.552. The number of hydrogen-bond acceptors (Lipinski definition) is 6. The van der Waals surface area contributed by atoms with Crippen LogP contribution < -0.4 is 16.5 Å². The Balaban J connectivity index is 2.48. The zero-order valence-corrected chi connectivity index (χ0v) is 12.2. The number of hydrogen-bond donors (Lipinski definition) is 4. The third-order valence-electron chi connectivity index (χ3n) is 2.88. The van der Waals surface area contributed by atoms with Crippen molar-refractivity contribution in [3.8, 4) is 0 Å². The van der Waals surface area contributed by atoms with Crippen LogP contribution >= 0.6 is 0 Å². The lowest BCUT2D eigenvalue weighted by atomic mass is 10.0. The van der Waals surface area contributed by atoms with Gasteiger partial charge in [0.15, 0.2) is 0 Å². The number of benzene rings is 1. The Morgan fingerprint density at radius 3 is 2.73 bits per heavy atom. The number of aliphatic hydroxyl groups is 1. The van der Waals surface area contributed by atoms with Crippen molar-refractivity contribution in [2.24, 2.45) is 10.8 Å². The molecular weight excluding hydrogens is 288 g/mol. The third-order valence-corrected chi connectivity index (χ3v) is 2.88. The molecule has 0 heterocycles. The van der Waals surface area contributed by atoms with E-state index in [1.807, 2.05) is 30.3 Å². The lowest BCUT2D eigenvalue weighted by molar-refractivity contribution is -0.130. The Morgan fingerprint density at radius 2 is 2.14 bits per heavy atom. The van der Waals surface area contributed by atoms with E-state index in [0.717, 1.165) is 5.56 Å². The van der Waals surface area contributed by atoms with Crippen molar-refractivity contribution in [3.05, 3.63) is 35.9 Å². The van der Waals surface area contributed by atoms with E-state index in [9.17, 15) is 14.7 Å². The zero-order valence-electron chi connectivity index (χ0n) is 12.2. The van der Waals surface area contributed by atoms with Gasteiger partial charge in [0.2, 0.25) is 12.3 Å². The maximum absolute atomic E-state index is 11.8. The molecular formula is C14H20N4O4. The molecule has 0 aliphatic rings. The lowest BCUT2D eigenvalue weighted by Crippen LogP contribution is -2.48. The summed E-state index contributed by atoms with van der Waals surface area (Å²) in [6, 6.07) is 8.58. The number of aliphatic hydroxyl groups excluding tert-OH is 1. The van der Waals surface area contributed by atoms with Crippen LogP contribution in [0.3, 0.4) is 0 Å². The Labute approximate surface area is 128 Å². The Kier molecular flexibility index (Phi) is 7.58. The fourth-order valence-electron chi connectivity index (χ4n) is 1.72. The van der Waals surface area contributed by atoms with Gasteiger partial charge in [-0.05, 0) is 12.0 Å². The van der Waals surface area contributed by atoms with Gasteiger partial charge in [-0.25, -0.2) is 5.43 Å². The van der Waals surface area contributed by atoms with Gasteiger partial charge in [0.1, 0.15) is 6.10 Å². The molecule has 2 amide bonds. The first-order valence-electron chi connectivity index (χ1n) is 6.63. The number of carbonyl (C=O) groups is 2. The predicted octanol–water partition coefficient (Wildman–Crippen LogP) is -1.26. The van der Waals surface area contributed by atoms with E-state index in [0.29, 0.717) is 12.8 Å². The first kappa shape index (κ1) is 17.6. The molecule has 120 valence electrons. The normalized spacial score (nSPS) is 13.9. The number of ether oxygens (including phenoxy) is 1. The number of rotatable bonds is 8. The van der Waals surface area contributed by atoms with Crippen molar-refractivity contribution >= 4 is 18.2 Å². The molecule has 0 fully saturated rings. The molecule has 2 atom stereocenters. The molecule has 0 saturated carbocycles. The largest absolute Gasteiger partial charge is 0.482 e. The minimum absolute atomic E-state index is 0.0781. The van der Waals surface area contributed by atoms with Crippen LogP contribution in [0.15, 0.2) is 35.4 Å². The van der Waals surface area contributed by atoms with Crippen molar-refractivity contribution in [1.82, 2.24) is 10.7 Å². The highest BCUT2D eigenvalue weighted by molar-refractivity contribution is 5.87. The number of carbonyl (C=O) groups excluding carboxylic acids is 2. The quantitative estimate of drug-likeness (QED) is 0.206. The van der Waals surface area contributed by atoms with Gasteiger partial charge >= 0.3 is 0 Å². The van der Waals surface area contributed by atoms with Gasteiger partial charge in [-0.2, -0.15) is 0 Å². The Hall–Kier alpha value is -2.45. The fraction of sp³-hybridized carbons (Fsp3) is 0.357. The standard InChI is InChI=1S/C14H20N4O4/c1-22-12(18-17-9-19)8-16-14(21)13(20)11(15)7-10-5-3-2-4-6-10/h2-6,9,11,13,20H,7-8,15H2,1H3,(H,16,21)(H,17,19)/b18-12-/t11?,13-/m0/s1. The number of nitrogens with zero attached hydrogens (tertiary/aromatic N) is 1. The summed E-state index contributed by atoms with van der Waals surface area (Å²) in [5.41, 5.74) is 8.82. The van der Waals surface area contributed by atoms with Gasteiger partial charge in [-0.3, -0.25) is 9.59 Å². The van der Waals surface area contributed by atoms with E-state index < -0.39 is 18.1 Å². The van der Waals surface area contributed by atoms with Crippen LogP contribution in [0, 0.1) is 0 Å². The van der Waals surface area contributed by atoms with Crippen LogP contribution in [0.4, 0.5) is 0 Å². The number of methoxy groups -OCH3 is 1. The summed E-state index contributed by atoms with van der Waals surface area (Å²) < 4.78 is 4.84. The summed E-state index contributed by atoms with van der Waals surface area (Å²) in [6.45, 7) is -0.0781. The SMILES string of the molecule is CO/C(CNC(=O)[C@@H](O)C(N)Cc1ccccc1)=N\NC=O. The van der Waals surface area contributed by atoms with Crippen LogP contribution in [0.1, 0.15) is 5.56 Å². The average Bonchev–Trinajstić information content (AvgIpc) is 2.55. The molecule has 0 spiro atoms. The molecule has 8 heteroatoms. The topological polar surface area (TPSA) is 126 Å². The smallest absolute Gasteiger partial charge is 0.250 e. The van der Waals surface area contributed by atoms with Crippen LogP contribution in [0.5, 0.6) is 0 Å². The molecule has 1 aromatic carbocycles. The van der Waals surface area contributed by atoms with E-state index in [-0.39, 0.29) is 12.4 Å². The zero-order chi connectivity index (χ0) is 16.4. The van der Waals surface area contributed by atoms with Crippen LogP contribution in [-0.4, -0.2) is 49.1 Å². The molecule has 22 heavy (non-hydrogen) atoms. The number of hydrazone groups is 1. The van der Waals surface area contributed by atoms with Gasteiger partial charge in [0.05, 0.1) is 13.7 Å². The van der Waals surface area contributed by atoms with Crippen molar-refractivity contribution in [2.45, 2.75) is 18.6 Å². The first-order chi connectivity index (χ1) is 10.6. The molecule has 0 aromatic heterocycles. The van der Waals surface area contributed by atoms with E-state index in [1.54, 1.807) is 0 Å². The average molecular weight is 308 g/mol. The minimum Gasteiger partial charge on any atom is -0.482 e. The summed E-state index contributed by atoms with van der Waals surface area (Å²) in [7, 11) is 1.34. The molecule has 0 bridgehead atoms. The second kappa shape index (κ2) is 9.48. The molecule has 1 unspecified atom stereocenters. The molecule has 5 N–H and O–H groups in total. The Morgan fingerprint density at radius 1 is 1.45 bits per heavy atom. The summed E-state index contributed by atoms with van der Waals surface area (Å²) in [6.07, 6.45) is -0.629. The van der Waals surface area contributed by atoms with E-state index >= 15 is 0 Å².